The Labute approximate surface area is 156 Å². The quantitative estimate of drug-likeness (QED) is 0.407. The van der Waals surface area contributed by atoms with Gasteiger partial charge in [-0.25, -0.2) is 0 Å². The third-order valence-electron chi connectivity index (χ3n) is 5.80. The maximum atomic E-state index is 12.9. The van der Waals surface area contributed by atoms with Gasteiger partial charge in [-0.05, 0) is 42.4 Å². The normalized spacial score (nSPS) is 24.6. The summed E-state index contributed by atoms with van der Waals surface area (Å²) in [6.07, 6.45) is 14.6. The molecule has 0 aliphatic heterocycles. The van der Waals surface area contributed by atoms with Gasteiger partial charge in [-0.3, -0.25) is 8.42 Å². The molecule has 0 spiro atoms. The lowest BCUT2D eigenvalue weighted by Gasteiger charge is -2.39. The maximum Gasteiger partial charge on any atom is 0.390 e. The third-order valence-corrected chi connectivity index (χ3v) is 11.7. The van der Waals surface area contributed by atoms with Gasteiger partial charge in [-0.2, -0.15) is 8.42 Å². The number of hydrogen-bond donors (Lipinski definition) is 0. The van der Waals surface area contributed by atoms with E-state index in [1.807, 2.05) is 13.2 Å². The van der Waals surface area contributed by atoms with Gasteiger partial charge >= 0.3 is 10.1 Å². The fourth-order valence-electron chi connectivity index (χ4n) is 4.23. The topological polar surface area (TPSA) is 64.0 Å². The lowest BCUT2D eigenvalue weighted by atomic mass is 9.87. The molecule has 2 saturated carbocycles. The largest absolute Gasteiger partial charge is 0.390 e. The minimum absolute atomic E-state index is 0.135. The lowest BCUT2D eigenvalue weighted by molar-refractivity contribution is -0.121. The summed E-state index contributed by atoms with van der Waals surface area (Å²) >= 11 is 0. The first-order valence-corrected chi connectivity index (χ1v) is 13.9. The Morgan fingerprint density at radius 2 is 1.52 bits per heavy atom. The second-order valence-corrected chi connectivity index (χ2v) is 13.4. The van der Waals surface area contributed by atoms with Crippen molar-refractivity contribution in [3.8, 4) is 0 Å². The van der Waals surface area contributed by atoms with Crippen LogP contribution in [0.4, 0.5) is 0 Å². The summed E-state index contributed by atoms with van der Waals surface area (Å²) < 4.78 is 29.6. The van der Waals surface area contributed by atoms with E-state index >= 15 is 0 Å². The van der Waals surface area contributed by atoms with E-state index in [0.717, 1.165) is 57.8 Å². The average molecular weight is 394 g/mol. The van der Waals surface area contributed by atoms with Crippen LogP contribution in [0.3, 0.4) is 0 Å². The van der Waals surface area contributed by atoms with Crippen LogP contribution in [0.1, 0.15) is 84.0 Å². The van der Waals surface area contributed by atoms with E-state index in [-0.39, 0.29) is 17.5 Å². The van der Waals surface area contributed by atoms with Gasteiger partial charge in [0.15, 0.2) is 5.78 Å². The summed E-state index contributed by atoms with van der Waals surface area (Å²) in [5.41, 5.74) is 0. The molecule has 25 heavy (non-hydrogen) atoms. The molecule has 0 bridgehead atoms. The Morgan fingerprint density at radius 3 is 2.08 bits per heavy atom. The predicted octanol–water partition coefficient (Wildman–Crippen LogP) is 5.04. The van der Waals surface area contributed by atoms with Gasteiger partial charge < -0.3 is 0 Å². The van der Waals surface area contributed by atoms with Crippen molar-refractivity contribution in [1.82, 2.24) is 0 Å². The number of hydrogen-bond acceptors (Lipinski definition) is 3. The number of carbonyl (C=O) groups is 1. The Balaban J connectivity index is 2.11. The average Bonchev–Trinajstić information content (AvgIpc) is 2.61. The second-order valence-electron chi connectivity index (χ2n) is 8.03. The molecule has 2 aliphatic carbocycles. The van der Waals surface area contributed by atoms with Gasteiger partial charge in [-0.1, -0.05) is 51.9 Å². The van der Waals surface area contributed by atoms with Crippen molar-refractivity contribution in [2.75, 3.05) is 17.8 Å². The predicted molar refractivity (Wildman–Crippen MR) is 108 cm³/mol. The van der Waals surface area contributed by atoms with Gasteiger partial charge in [0.2, 0.25) is 0 Å². The van der Waals surface area contributed by atoms with Crippen LogP contribution >= 0.6 is 10.3 Å². The molecule has 148 valence electrons. The highest BCUT2D eigenvalue weighted by molar-refractivity contribution is 8.32. The first-order chi connectivity index (χ1) is 11.9. The van der Waals surface area contributed by atoms with Gasteiger partial charge in [0.1, 0.15) is 5.75 Å². The minimum atomic E-state index is -3.42. The summed E-state index contributed by atoms with van der Waals surface area (Å²) in [5.74, 6) is 0.972. The summed E-state index contributed by atoms with van der Waals surface area (Å²) in [6.45, 7) is 2.00. The molecule has 0 amide bonds. The number of unbranched alkanes of at least 4 members (excludes halogenated alkanes) is 1. The van der Waals surface area contributed by atoms with E-state index in [9.17, 15) is 13.2 Å². The Kier molecular flexibility index (Phi) is 8.28. The van der Waals surface area contributed by atoms with E-state index < -0.39 is 20.4 Å². The molecule has 4 nitrogen and oxygen atoms in total. The van der Waals surface area contributed by atoms with Crippen LogP contribution in [0.5, 0.6) is 0 Å². The van der Waals surface area contributed by atoms with Crippen LogP contribution in [0, 0.1) is 5.92 Å². The molecule has 2 aliphatic rings. The molecule has 0 heterocycles. The fourth-order valence-corrected chi connectivity index (χ4v) is 10.4. The van der Waals surface area contributed by atoms with Gasteiger partial charge in [0, 0.05) is 12.2 Å². The molecule has 6 heteroatoms. The number of ketones is 1. The molecule has 0 radical (unpaired) electrons. The third kappa shape index (κ3) is 6.55. The zero-order valence-electron chi connectivity index (χ0n) is 16.0. The molecule has 0 saturated heterocycles. The van der Waals surface area contributed by atoms with Crippen LogP contribution in [0.25, 0.3) is 0 Å². The van der Waals surface area contributed by atoms with Crippen LogP contribution in [0.15, 0.2) is 0 Å². The monoisotopic (exact) mass is 393 g/mol. The van der Waals surface area contributed by atoms with Crippen molar-refractivity contribution in [3.05, 3.63) is 0 Å². The summed E-state index contributed by atoms with van der Waals surface area (Å²) in [7, 11) is -5.21. The first-order valence-electron chi connectivity index (χ1n) is 10.1. The first kappa shape index (κ1) is 21.2. The number of Topliss-reactive ketones (excluding diaryl/α,β-unsaturated/α-hetero) is 1. The van der Waals surface area contributed by atoms with Crippen molar-refractivity contribution in [3.63, 3.8) is 0 Å². The Bertz CT molecular complexity index is 520. The van der Waals surface area contributed by atoms with E-state index in [4.69, 9.17) is 0 Å². The minimum Gasteiger partial charge on any atom is -0.298 e. The molecule has 0 aromatic rings. The molecule has 1 N–H and O–H groups in total. The summed E-state index contributed by atoms with van der Waals surface area (Å²) in [6, 6.07) is 0. The number of carbonyl (C=O) groups excluding carboxylic acids is 1. The van der Waals surface area contributed by atoms with Crippen LogP contribution < -0.4 is 0 Å². The van der Waals surface area contributed by atoms with Gasteiger partial charge in [0.05, 0.1) is 11.0 Å². The van der Waals surface area contributed by atoms with E-state index in [0.29, 0.717) is 17.4 Å². The van der Waals surface area contributed by atoms with E-state index in [1.54, 1.807) is 0 Å². The molecule has 1 atom stereocenters. The maximum absolute atomic E-state index is 12.9. The van der Waals surface area contributed by atoms with Crippen LogP contribution in [-0.4, -0.2) is 40.8 Å². The zero-order valence-corrected chi connectivity index (χ0v) is 17.7. The summed E-state index contributed by atoms with van der Waals surface area (Å²) in [5, 5.41) is 0.310. The van der Waals surface area contributed by atoms with Crippen molar-refractivity contribution >= 4 is 26.2 Å². The SMILES string of the molecule is CCCCS(=O)(=O)[OH+]S(C)(CC(=O)C1CCCCC1)C1CCCCC1. The highest BCUT2D eigenvalue weighted by Gasteiger charge is 2.42. The van der Waals surface area contributed by atoms with Crippen molar-refractivity contribution in [2.24, 2.45) is 5.92 Å². The van der Waals surface area contributed by atoms with Crippen molar-refractivity contribution < 1.29 is 16.8 Å². The molecular formula is C19H37O4S2+. The standard InChI is InChI=1S/C19H36O4S2/c1-3-4-15-25(21,22)23-24(2,18-13-9-6-10-14-18)16-19(20)17-11-7-5-8-12-17/h17-18H,3-16H2,1-2H3/p+1. The van der Waals surface area contributed by atoms with Crippen LogP contribution in [0.2, 0.25) is 0 Å². The Morgan fingerprint density at radius 1 is 0.960 bits per heavy atom. The number of rotatable bonds is 9. The molecule has 2 fully saturated rings. The van der Waals surface area contributed by atoms with E-state index in [1.165, 1.54) is 12.8 Å². The highest BCUT2D eigenvalue weighted by atomic mass is 32.3. The zero-order chi connectivity index (χ0) is 18.3. The van der Waals surface area contributed by atoms with E-state index in [2.05, 4.69) is 3.63 Å². The Hall–Kier alpha value is -0.0700. The molecular weight excluding hydrogens is 356 g/mol. The fraction of sp³-hybridized carbons (Fsp3) is 0.947. The highest BCUT2D eigenvalue weighted by Crippen LogP contribution is 2.55. The van der Waals surface area contributed by atoms with Gasteiger partial charge in [-0.15, -0.1) is 0 Å². The molecule has 0 aromatic heterocycles. The molecule has 0 aromatic carbocycles. The molecule has 1 unspecified atom stereocenters. The second kappa shape index (κ2) is 9.75. The lowest BCUT2D eigenvalue weighted by Crippen LogP contribution is -2.35. The van der Waals surface area contributed by atoms with Crippen LogP contribution in [-0.2, 0) is 14.9 Å². The van der Waals surface area contributed by atoms with Crippen molar-refractivity contribution in [1.29, 1.82) is 0 Å². The molecule has 2 rings (SSSR count). The summed E-state index contributed by atoms with van der Waals surface area (Å²) in [4.78, 5) is 12.9. The van der Waals surface area contributed by atoms with Crippen molar-refractivity contribution in [2.45, 2.75) is 89.2 Å². The smallest absolute Gasteiger partial charge is 0.298 e. The van der Waals surface area contributed by atoms with Gasteiger partial charge in [0.25, 0.3) is 0 Å².